The van der Waals surface area contributed by atoms with Crippen LogP contribution in [0.3, 0.4) is 0 Å². The number of alkyl carbamates (subject to hydrolysis) is 2. The molecule has 33 heteroatoms. The number of halogens is 2. The summed E-state index contributed by atoms with van der Waals surface area (Å²) in [7, 11) is 2.07. The maximum Gasteiger partial charge on any atom is 1.00 e. The molecule has 2 aliphatic rings. The zero-order valence-electron chi connectivity index (χ0n) is 52.7. The van der Waals surface area contributed by atoms with Crippen LogP contribution in [0.5, 0.6) is 0 Å². The predicted octanol–water partition coefficient (Wildman–Crippen LogP) is -4.08. The molecule has 0 radical (unpaired) electrons. The van der Waals surface area contributed by atoms with Crippen molar-refractivity contribution in [3.8, 4) is 35.8 Å². The molecule has 3 N–H and O–H groups in total. The molecule has 2 fully saturated rings. The van der Waals surface area contributed by atoms with Gasteiger partial charge >= 0.3 is 126 Å². The fourth-order valence-corrected chi connectivity index (χ4v) is 8.96. The Morgan fingerprint density at radius 2 is 1.22 bits per heavy atom. The monoisotopic (exact) mass is 1320 g/mol. The Balaban J connectivity index is 0.000000681. The van der Waals surface area contributed by atoms with Crippen LogP contribution >= 0.6 is 15.9 Å². The number of nitrogens with zero attached hydrogens (tertiary/aromatic N) is 15. The number of rotatable bonds is 10. The molecule has 0 saturated carbocycles. The van der Waals surface area contributed by atoms with Crippen LogP contribution in [0.15, 0.2) is 48.7 Å². The van der Waals surface area contributed by atoms with Gasteiger partial charge in [0, 0.05) is 70.6 Å². The van der Waals surface area contributed by atoms with Gasteiger partial charge in [-0.1, -0.05) is 11.8 Å². The van der Waals surface area contributed by atoms with E-state index in [0.717, 1.165) is 47.9 Å². The average Bonchev–Trinajstić information content (AvgIpc) is 2.02. The van der Waals surface area contributed by atoms with Crippen molar-refractivity contribution in [2.45, 2.75) is 131 Å². The number of amides is 2. The van der Waals surface area contributed by atoms with Gasteiger partial charge in [-0.25, -0.2) is 34.1 Å². The fraction of sp³-hybridized carbons (Fsp3) is 0.500. The van der Waals surface area contributed by atoms with Crippen LogP contribution in [-0.2, 0) is 59.4 Å². The first-order chi connectivity index (χ1) is 40.8. The smallest absolute Gasteiger partial charge is 1.00 e. The Hall–Kier alpha value is -6.03. The molecule has 2 aliphatic heterocycles. The van der Waals surface area contributed by atoms with Gasteiger partial charge in [0.15, 0.2) is 38.4 Å². The maximum absolute atomic E-state index is 13.7. The van der Waals surface area contributed by atoms with Crippen LogP contribution in [0, 0.1) is 46.3 Å². The van der Waals surface area contributed by atoms with E-state index in [0.29, 0.717) is 23.8 Å². The van der Waals surface area contributed by atoms with Crippen molar-refractivity contribution in [2.24, 2.45) is 14.1 Å². The number of ether oxygens (including phenoxy) is 2. The third-order valence-electron chi connectivity index (χ3n) is 12.1. The van der Waals surface area contributed by atoms with Gasteiger partial charge in [0.2, 0.25) is 5.95 Å². The first-order valence-electron chi connectivity index (χ1n) is 26.8. The molecule has 2 atom stereocenters. The Labute approximate surface area is 596 Å². The molecule has 0 spiro atoms. The second kappa shape index (κ2) is 37.1. The summed E-state index contributed by atoms with van der Waals surface area (Å²) in [4.78, 5) is 115. The molecule has 0 bridgehead atoms. The number of hydrogen-bond donors (Lipinski definition) is 3. The SMILES string of the molecule is CC#CCn1c(Br)nc2c1c(=O)n(Cc1nccnc1C#N)c(=O)n2C.CC#CCn1c(N2CCC[C@@H](NC(=O)OC(C)(C)C)C2)nc2c1c(=O)n(Cc1nccnc1C#N)c(=O)n2C.CC(C)(C)OC(=O)N[C@@H]1CCCNC1.O=CO[O-].[2H]CF.[H-].[K+].[K+]. The van der Waals surface area contributed by atoms with E-state index in [1.807, 2.05) is 37.8 Å². The van der Waals surface area contributed by atoms with E-state index in [2.05, 4.69) is 85.4 Å². The second-order valence-corrected chi connectivity index (χ2v) is 21.1. The summed E-state index contributed by atoms with van der Waals surface area (Å²) in [6.07, 6.45) is 8.43. The molecular formula is C54H68BrFK2N18O11. The zero-order chi connectivity index (χ0) is 63.9. The van der Waals surface area contributed by atoms with Crippen LogP contribution < -0.4 is 151 Å². The summed E-state index contributed by atoms with van der Waals surface area (Å²) in [6.45, 7) is 17.2. The Morgan fingerprint density at radius 1 is 0.782 bits per heavy atom. The number of aromatic nitrogens is 12. The van der Waals surface area contributed by atoms with Crippen LogP contribution in [0.4, 0.5) is 19.9 Å². The van der Waals surface area contributed by atoms with E-state index in [1.54, 1.807) is 43.8 Å². The van der Waals surface area contributed by atoms with Crippen molar-refractivity contribution in [1.82, 2.24) is 73.3 Å². The standard InChI is InChI=1S/C26H31N9O4.C16H12BrN7O2.C10H20N2O2.CH3F.CH2O3.2K.H/c1-6-7-13-34-20-21(31-23(34)33-12-8-9-17(15-33)30-24(37)39-26(2,3)4)32(5)25(38)35(22(20)36)16-19-18(14-27)28-10-11-29-19;1-3-4-7-23-12-13(21-15(23)17)22(2)16(26)24(14(12)25)9-11-10(8-18)19-5-6-20-11;1-10(2,3)14-9(13)12-8-5-4-6-11-7-8;1-2;2-1-4-3;;;/h10-11,17H,8-9,12-13,15-16H2,1-5H3,(H,30,37);5-6H,7,9H2,1-2H3;8,11H,4-7H2,1-3H3,(H,12,13);1H3;1,3H;;;/q;;;;;2*+1;-1/p-1/t17-;;8-;;;;;/m1.1...../s1/i;;;1D;;;;. The number of fused-ring (bicyclic) bond motifs is 2. The minimum atomic E-state index is -1.00. The number of carbonyl (C=O) groups is 3. The largest absolute Gasteiger partial charge is 1.00 e. The fourth-order valence-electron chi connectivity index (χ4n) is 8.49. The van der Waals surface area contributed by atoms with Gasteiger partial charge in [0.25, 0.3) is 17.6 Å². The third kappa shape index (κ3) is 21.9. The number of alkyl halides is 1. The molecule has 456 valence electrons. The van der Waals surface area contributed by atoms with E-state index in [9.17, 15) is 38.4 Å². The van der Waals surface area contributed by atoms with Crippen LogP contribution in [0.2, 0.25) is 0 Å². The van der Waals surface area contributed by atoms with Crippen LogP contribution in [-0.4, -0.2) is 133 Å². The van der Waals surface area contributed by atoms with Crippen molar-refractivity contribution in [3.05, 3.63) is 94.0 Å². The minimum absolute atomic E-state index is 0. The summed E-state index contributed by atoms with van der Waals surface area (Å²) in [5.41, 5.74) is -1.81. The Bertz CT molecular complexity index is 3840. The van der Waals surface area contributed by atoms with Gasteiger partial charge in [-0.15, -0.1) is 11.8 Å². The summed E-state index contributed by atoms with van der Waals surface area (Å²) >= 11 is 3.30. The molecule has 29 nitrogen and oxygen atoms in total. The molecule has 8 rings (SSSR count). The number of aryl methyl sites for hydroxylation is 2. The number of nitrogens with one attached hydrogen (secondary N) is 3. The average molecular weight is 1320 g/mol. The summed E-state index contributed by atoms with van der Waals surface area (Å²) in [5, 5.41) is 36.0. The maximum atomic E-state index is 13.7. The minimum Gasteiger partial charge on any atom is -1.00 e. The number of anilines is 1. The zero-order valence-corrected chi connectivity index (χ0v) is 58.5. The molecule has 2 amide bonds. The van der Waals surface area contributed by atoms with Crippen LogP contribution in [0.25, 0.3) is 22.3 Å². The van der Waals surface area contributed by atoms with Gasteiger partial charge in [-0.05, 0) is 104 Å². The number of carbonyl (C=O) groups excluding carboxylic acids is 3. The quantitative estimate of drug-likeness (QED) is 0.0293. The molecule has 87 heavy (non-hydrogen) atoms. The number of nitriles is 2. The molecule has 6 aromatic rings. The Kier molecular flexibility index (Phi) is 32.1. The van der Waals surface area contributed by atoms with E-state index in [4.69, 9.17) is 31.1 Å². The van der Waals surface area contributed by atoms with E-state index in [1.165, 1.54) is 48.0 Å². The van der Waals surface area contributed by atoms with Gasteiger partial charge in [-0.2, -0.15) is 15.5 Å². The topological polar surface area (TPSA) is 364 Å². The molecule has 0 unspecified atom stereocenters. The van der Waals surface area contributed by atoms with Crippen molar-refractivity contribution >= 4 is 62.9 Å². The van der Waals surface area contributed by atoms with Crippen molar-refractivity contribution in [3.63, 3.8) is 0 Å². The van der Waals surface area contributed by atoms with E-state index < -0.39 is 46.9 Å². The third-order valence-corrected chi connectivity index (χ3v) is 12.7. The second-order valence-electron chi connectivity index (χ2n) is 20.4. The number of imidazole rings is 2. The van der Waals surface area contributed by atoms with E-state index >= 15 is 0 Å². The van der Waals surface area contributed by atoms with Crippen molar-refractivity contribution < 1.29 is 144 Å². The summed E-state index contributed by atoms with van der Waals surface area (Å²) in [5.74, 6) is 12.0. The number of piperidine rings is 2. The molecule has 8 heterocycles. The van der Waals surface area contributed by atoms with Gasteiger partial charge in [-0.3, -0.25) is 51.6 Å². The van der Waals surface area contributed by atoms with Crippen molar-refractivity contribution in [1.29, 1.82) is 10.5 Å². The van der Waals surface area contributed by atoms with Gasteiger partial charge in [0.05, 0.1) is 46.1 Å². The number of hydrogen-bond acceptors (Lipinski definition) is 21. The Morgan fingerprint density at radius 3 is 1.66 bits per heavy atom. The normalized spacial score (nSPS) is 14.1. The summed E-state index contributed by atoms with van der Waals surface area (Å²) in [6, 6.07) is 3.88. The predicted molar refractivity (Wildman–Crippen MR) is 310 cm³/mol. The molecule has 6 aromatic heterocycles. The van der Waals surface area contributed by atoms with Crippen LogP contribution in [0.1, 0.15) is 107 Å². The van der Waals surface area contributed by atoms with Crippen molar-refractivity contribution in [2.75, 3.05) is 38.2 Å². The summed E-state index contributed by atoms with van der Waals surface area (Å²) < 4.78 is 34.4. The first kappa shape index (κ1) is 75.2. The molecule has 0 aromatic carbocycles. The van der Waals surface area contributed by atoms with E-state index in [-0.39, 0.29) is 200 Å². The van der Waals surface area contributed by atoms with Gasteiger partial charge < -0.3 is 46.5 Å². The molecular weight excluding hydrogens is 1250 g/mol. The van der Waals surface area contributed by atoms with Gasteiger partial charge in [0.1, 0.15) is 23.3 Å². The first-order valence-corrected chi connectivity index (χ1v) is 26.9. The molecule has 0 aliphatic carbocycles. The molecule has 2 saturated heterocycles.